The van der Waals surface area contributed by atoms with E-state index in [1.54, 1.807) is 6.19 Å². The summed E-state index contributed by atoms with van der Waals surface area (Å²) >= 11 is 0. The molecule has 62 valence electrons. The van der Waals surface area contributed by atoms with Crippen molar-refractivity contribution in [3.05, 3.63) is 24.0 Å². The van der Waals surface area contributed by atoms with Crippen LogP contribution in [0.3, 0.4) is 0 Å². The lowest BCUT2D eigenvalue weighted by molar-refractivity contribution is 0.414. The molecule has 0 aliphatic rings. The summed E-state index contributed by atoms with van der Waals surface area (Å²) in [5.41, 5.74) is 0.122. The van der Waals surface area contributed by atoms with Crippen LogP contribution in [-0.4, -0.2) is 7.11 Å². The highest BCUT2D eigenvalue weighted by atomic mass is 19.1. The number of hydrogen-bond donors (Lipinski definition) is 1. The van der Waals surface area contributed by atoms with E-state index in [9.17, 15) is 4.39 Å². The van der Waals surface area contributed by atoms with Crippen LogP contribution in [0.25, 0.3) is 0 Å². The van der Waals surface area contributed by atoms with Crippen molar-refractivity contribution in [3.8, 4) is 11.9 Å². The second-order valence-corrected chi connectivity index (χ2v) is 2.08. The van der Waals surface area contributed by atoms with E-state index in [4.69, 9.17) is 10.00 Å². The SMILES string of the molecule is COc1ccc(F)c(NC#N)c1. The Bertz CT molecular complexity index is 319. The van der Waals surface area contributed by atoms with E-state index >= 15 is 0 Å². The van der Waals surface area contributed by atoms with Crippen molar-refractivity contribution in [1.29, 1.82) is 5.26 Å². The fourth-order valence-electron chi connectivity index (χ4n) is 0.787. The molecule has 0 spiro atoms. The molecule has 0 aliphatic carbocycles. The number of halogens is 1. The maximum atomic E-state index is 12.8. The van der Waals surface area contributed by atoms with Gasteiger partial charge in [0.05, 0.1) is 12.8 Å². The summed E-state index contributed by atoms with van der Waals surface area (Å²) in [6, 6.07) is 4.13. The van der Waals surface area contributed by atoms with Gasteiger partial charge in [-0.1, -0.05) is 0 Å². The highest BCUT2D eigenvalue weighted by molar-refractivity contribution is 5.51. The van der Waals surface area contributed by atoms with Gasteiger partial charge in [0.15, 0.2) is 6.19 Å². The standard InChI is InChI=1S/C8H7FN2O/c1-12-6-2-3-7(9)8(4-6)11-5-10/h2-4,11H,1H3. The van der Waals surface area contributed by atoms with E-state index in [2.05, 4.69) is 5.32 Å². The average molecular weight is 166 g/mol. The molecular formula is C8H7FN2O. The van der Waals surface area contributed by atoms with Gasteiger partial charge in [-0.05, 0) is 12.1 Å². The van der Waals surface area contributed by atoms with Gasteiger partial charge >= 0.3 is 0 Å². The second kappa shape index (κ2) is 3.58. The maximum absolute atomic E-state index is 12.8. The molecule has 0 aliphatic heterocycles. The average Bonchev–Trinajstić information content (AvgIpc) is 2.09. The van der Waals surface area contributed by atoms with Crippen LogP contribution < -0.4 is 10.1 Å². The van der Waals surface area contributed by atoms with Crippen LogP contribution in [0.15, 0.2) is 18.2 Å². The summed E-state index contributed by atoms with van der Waals surface area (Å²) in [4.78, 5) is 0. The van der Waals surface area contributed by atoms with Crippen molar-refractivity contribution >= 4 is 5.69 Å². The zero-order valence-electron chi connectivity index (χ0n) is 6.47. The summed E-state index contributed by atoms with van der Waals surface area (Å²) < 4.78 is 17.7. The van der Waals surface area contributed by atoms with E-state index in [1.165, 1.54) is 25.3 Å². The van der Waals surface area contributed by atoms with Gasteiger partial charge in [-0.2, -0.15) is 5.26 Å². The first-order valence-corrected chi connectivity index (χ1v) is 3.26. The first-order valence-electron chi connectivity index (χ1n) is 3.26. The Balaban J connectivity index is 3.01. The molecule has 4 heteroatoms. The minimum Gasteiger partial charge on any atom is -0.497 e. The molecule has 0 saturated carbocycles. The normalized spacial score (nSPS) is 8.75. The Morgan fingerprint density at radius 3 is 2.92 bits per heavy atom. The highest BCUT2D eigenvalue weighted by Gasteiger charge is 2.01. The zero-order valence-corrected chi connectivity index (χ0v) is 6.47. The number of rotatable bonds is 2. The summed E-state index contributed by atoms with van der Waals surface area (Å²) in [6.07, 6.45) is 1.63. The number of benzene rings is 1. The van der Waals surface area contributed by atoms with Gasteiger partial charge in [-0.15, -0.1) is 0 Å². The third kappa shape index (κ3) is 1.64. The van der Waals surface area contributed by atoms with Gasteiger partial charge in [0, 0.05) is 6.07 Å². The Hall–Kier alpha value is -1.76. The van der Waals surface area contributed by atoms with E-state index in [-0.39, 0.29) is 5.69 Å². The molecule has 0 aromatic heterocycles. The van der Waals surface area contributed by atoms with Crippen molar-refractivity contribution in [2.75, 3.05) is 12.4 Å². The lowest BCUT2D eigenvalue weighted by Gasteiger charge is -2.02. The van der Waals surface area contributed by atoms with Gasteiger partial charge in [-0.25, -0.2) is 4.39 Å². The lowest BCUT2D eigenvalue weighted by Crippen LogP contribution is -1.92. The van der Waals surface area contributed by atoms with Crippen LogP contribution in [0.2, 0.25) is 0 Å². The number of nitriles is 1. The number of nitrogens with zero attached hydrogens (tertiary/aromatic N) is 1. The molecule has 0 fully saturated rings. The molecule has 1 aromatic carbocycles. The fraction of sp³-hybridized carbons (Fsp3) is 0.125. The molecule has 3 nitrogen and oxygen atoms in total. The quantitative estimate of drug-likeness (QED) is 0.537. The Labute approximate surface area is 69.4 Å². The topological polar surface area (TPSA) is 45.0 Å². The molecule has 1 N–H and O–H groups in total. The molecular weight excluding hydrogens is 159 g/mol. The smallest absolute Gasteiger partial charge is 0.181 e. The molecule has 0 saturated heterocycles. The molecule has 12 heavy (non-hydrogen) atoms. The van der Waals surface area contributed by atoms with Crippen molar-refractivity contribution in [2.24, 2.45) is 0 Å². The van der Waals surface area contributed by atoms with Gasteiger partial charge in [0.25, 0.3) is 0 Å². The number of nitrogens with one attached hydrogen (secondary N) is 1. The van der Waals surface area contributed by atoms with Crippen LogP contribution in [0.4, 0.5) is 10.1 Å². The van der Waals surface area contributed by atoms with E-state index in [1.807, 2.05) is 0 Å². The molecule has 0 amide bonds. The minimum atomic E-state index is -0.475. The fourth-order valence-corrected chi connectivity index (χ4v) is 0.787. The van der Waals surface area contributed by atoms with Crippen LogP contribution in [0.1, 0.15) is 0 Å². The first-order chi connectivity index (χ1) is 5.77. The maximum Gasteiger partial charge on any atom is 0.181 e. The third-order valence-electron chi connectivity index (χ3n) is 1.36. The zero-order chi connectivity index (χ0) is 8.97. The summed E-state index contributed by atoms with van der Waals surface area (Å²) in [5.74, 6) is 0.0338. The number of hydrogen-bond acceptors (Lipinski definition) is 3. The monoisotopic (exact) mass is 166 g/mol. The highest BCUT2D eigenvalue weighted by Crippen LogP contribution is 2.20. The van der Waals surface area contributed by atoms with Crippen LogP contribution >= 0.6 is 0 Å². The number of anilines is 1. The summed E-state index contributed by atoms with van der Waals surface area (Å²) in [7, 11) is 1.48. The molecule has 1 aromatic rings. The van der Waals surface area contributed by atoms with E-state index < -0.39 is 5.82 Å². The van der Waals surface area contributed by atoms with Crippen molar-refractivity contribution in [2.45, 2.75) is 0 Å². The molecule has 0 unspecified atom stereocenters. The van der Waals surface area contributed by atoms with E-state index in [0.717, 1.165) is 0 Å². The number of ether oxygens (including phenoxy) is 1. The Kier molecular flexibility index (Phi) is 2.49. The number of methoxy groups -OCH3 is 1. The van der Waals surface area contributed by atoms with E-state index in [0.29, 0.717) is 5.75 Å². The van der Waals surface area contributed by atoms with Crippen molar-refractivity contribution in [1.82, 2.24) is 0 Å². The predicted molar refractivity (Wildman–Crippen MR) is 42.2 cm³/mol. The summed E-state index contributed by atoms with van der Waals surface area (Å²) in [6.45, 7) is 0. The van der Waals surface area contributed by atoms with Gasteiger partial charge in [0.1, 0.15) is 11.6 Å². The van der Waals surface area contributed by atoms with Crippen molar-refractivity contribution < 1.29 is 9.13 Å². The molecule has 0 heterocycles. The second-order valence-electron chi connectivity index (χ2n) is 2.08. The van der Waals surface area contributed by atoms with Gasteiger partial charge in [0.2, 0.25) is 0 Å². The lowest BCUT2D eigenvalue weighted by atomic mass is 10.3. The van der Waals surface area contributed by atoms with Crippen molar-refractivity contribution in [3.63, 3.8) is 0 Å². The van der Waals surface area contributed by atoms with Crippen LogP contribution in [-0.2, 0) is 0 Å². The Morgan fingerprint density at radius 2 is 2.33 bits per heavy atom. The predicted octanol–water partition coefficient (Wildman–Crippen LogP) is 1.73. The molecule has 0 atom stereocenters. The minimum absolute atomic E-state index is 0.122. The van der Waals surface area contributed by atoms with Crippen LogP contribution in [0.5, 0.6) is 5.75 Å². The molecule has 0 radical (unpaired) electrons. The van der Waals surface area contributed by atoms with Gasteiger partial charge in [-0.3, -0.25) is 5.32 Å². The molecule has 1 rings (SSSR count). The first kappa shape index (κ1) is 8.34. The third-order valence-corrected chi connectivity index (χ3v) is 1.36. The van der Waals surface area contributed by atoms with Gasteiger partial charge < -0.3 is 4.74 Å². The Morgan fingerprint density at radius 1 is 1.58 bits per heavy atom. The summed E-state index contributed by atoms with van der Waals surface area (Å²) in [5, 5.41) is 10.4. The molecule has 0 bridgehead atoms. The van der Waals surface area contributed by atoms with Crippen LogP contribution in [0, 0.1) is 17.3 Å². The largest absolute Gasteiger partial charge is 0.497 e.